The molecule has 3 rings (SSSR count). The maximum absolute atomic E-state index is 11.6. The van der Waals surface area contributed by atoms with E-state index in [2.05, 4.69) is 19.2 Å². The van der Waals surface area contributed by atoms with E-state index in [1.807, 2.05) is 0 Å². The molecule has 2 aliphatic carbocycles. The van der Waals surface area contributed by atoms with E-state index in [-0.39, 0.29) is 12.0 Å². The Hall–Kier alpha value is -0.570. The fourth-order valence-corrected chi connectivity index (χ4v) is 4.83. The molecule has 2 saturated carbocycles. The smallest absolute Gasteiger partial charge is 0.322 e. The minimum Gasteiger partial charge on any atom is -0.468 e. The Balaban J connectivity index is 1.81. The predicted molar refractivity (Wildman–Crippen MR) is 60.9 cm³/mol. The van der Waals surface area contributed by atoms with Crippen molar-refractivity contribution in [1.29, 1.82) is 0 Å². The molecule has 3 heteroatoms. The molecular formula is C13H21NO2. The highest BCUT2D eigenvalue weighted by Gasteiger charge is 2.83. The number of carbonyl (C=O) groups is 1. The summed E-state index contributed by atoms with van der Waals surface area (Å²) in [5, 5.41) is 3.36. The van der Waals surface area contributed by atoms with Gasteiger partial charge in [0.2, 0.25) is 0 Å². The molecule has 2 spiro atoms. The molecule has 0 aromatic carbocycles. The van der Waals surface area contributed by atoms with E-state index >= 15 is 0 Å². The second-order valence-electron chi connectivity index (χ2n) is 6.30. The Bertz CT molecular complexity index is 346. The summed E-state index contributed by atoms with van der Waals surface area (Å²) < 4.78 is 4.84. The zero-order valence-corrected chi connectivity index (χ0v) is 10.4. The molecule has 90 valence electrons. The third-order valence-corrected chi connectivity index (χ3v) is 6.14. The Labute approximate surface area is 96.9 Å². The number of hydrogen-bond acceptors (Lipinski definition) is 3. The van der Waals surface area contributed by atoms with Gasteiger partial charge in [0.25, 0.3) is 0 Å². The van der Waals surface area contributed by atoms with E-state index in [9.17, 15) is 4.79 Å². The third kappa shape index (κ3) is 0.849. The van der Waals surface area contributed by atoms with Gasteiger partial charge in [-0.2, -0.15) is 0 Å². The molecule has 3 nitrogen and oxygen atoms in total. The molecule has 1 heterocycles. The van der Waals surface area contributed by atoms with Gasteiger partial charge in [0.05, 0.1) is 7.11 Å². The van der Waals surface area contributed by atoms with Crippen molar-refractivity contribution in [2.45, 2.75) is 45.6 Å². The minimum absolute atomic E-state index is 0.0655. The van der Waals surface area contributed by atoms with Gasteiger partial charge in [0.1, 0.15) is 6.04 Å². The van der Waals surface area contributed by atoms with E-state index in [4.69, 9.17) is 4.74 Å². The number of hydrogen-bond donors (Lipinski definition) is 1. The first-order valence-corrected chi connectivity index (χ1v) is 6.32. The summed E-state index contributed by atoms with van der Waals surface area (Å²) in [4.78, 5) is 11.6. The summed E-state index contributed by atoms with van der Waals surface area (Å²) in [6, 6.07) is -0.0655. The molecule has 0 aromatic rings. The lowest BCUT2D eigenvalue weighted by Gasteiger charge is -2.31. The molecule has 1 saturated heterocycles. The highest BCUT2D eigenvalue weighted by atomic mass is 16.5. The number of ether oxygens (including phenoxy) is 1. The standard InChI is InChI=1S/C13H21NO2/c1-11(2)12(5-4-6-12)13(11)7-9(14-8-13)10(15)16-3/h9,14H,4-8H2,1-3H3/t9?,13-/m1/s1. The van der Waals surface area contributed by atoms with Gasteiger partial charge in [-0.15, -0.1) is 0 Å². The van der Waals surface area contributed by atoms with Crippen LogP contribution in [0.5, 0.6) is 0 Å². The van der Waals surface area contributed by atoms with Gasteiger partial charge in [-0.05, 0) is 35.5 Å². The van der Waals surface area contributed by atoms with Crippen LogP contribution in [-0.2, 0) is 9.53 Å². The van der Waals surface area contributed by atoms with Crippen LogP contribution in [0, 0.1) is 16.2 Å². The van der Waals surface area contributed by atoms with Gasteiger partial charge in [0.15, 0.2) is 0 Å². The Kier molecular flexibility index (Phi) is 1.86. The van der Waals surface area contributed by atoms with Crippen molar-refractivity contribution in [3.05, 3.63) is 0 Å². The molecule has 1 unspecified atom stereocenters. The molecule has 0 amide bonds. The van der Waals surface area contributed by atoms with Crippen LogP contribution in [0.2, 0.25) is 0 Å². The Morgan fingerprint density at radius 1 is 1.31 bits per heavy atom. The van der Waals surface area contributed by atoms with E-state index in [1.165, 1.54) is 26.4 Å². The molecular weight excluding hydrogens is 202 g/mol. The maximum Gasteiger partial charge on any atom is 0.322 e. The van der Waals surface area contributed by atoms with Crippen molar-refractivity contribution in [3.63, 3.8) is 0 Å². The summed E-state index contributed by atoms with van der Waals surface area (Å²) in [6.45, 7) is 5.76. The van der Waals surface area contributed by atoms with Crippen LogP contribution in [0.15, 0.2) is 0 Å². The molecule has 0 aromatic heterocycles. The number of fused-ring (bicyclic) bond motifs is 1. The zero-order valence-electron chi connectivity index (χ0n) is 10.4. The SMILES string of the molecule is COC(=O)C1C[C@@]2(CN1)C(C)(C)C21CCC1. The van der Waals surface area contributed by atoms with Crippen molar-refractivity contribution in [2.75, 3.05) is 13.7 Å². The van der Waals surface area contributed by atoms with E-state index < -0.39 is 0 Å². The summed E-state index contributed by atoms with van der Waals surface area (Å²) in [7, 11) is 1.48. The van der Waals surface area contributed by atoms with Gasteiger partial charge in [0, 0.05) is 6.54 Å². The van der Waals surface area contributed by atoms with E-state index in [1.54, 1.807) is 0 Å². The van der Waals surface area contributed by atoms with Crippen LogP contribution in [0.4, 0.5) is 0 Å². The summed E-state index contributed by atoms with van der Waals surface area (Å²) in [5.74, 6) is -0.0888. The summed E-state index contributed by atoms with van der Waals surface area (Å²) in [5.41, 5.74) is 1.32. The fraction of sp³-hybridized carbons (Fsp3) is 0.923. The monoisotopic (exact) mass is 223 g/mol. The lowest BCUT2D eigenvalue weighted by molar-refractivity contribution is -0.142. The number of methoxy groups -OCH3 is 1. The summed E-state index contributed by atoms with van der Waals surface area (Å²) in [6.07, 6.45) is 5.06. The number of carbonyl (C=O) groups excluding carboxylic acids is 1. The number of esters is 1. The van der Waals surface area contributed by atoms with Crippen LogP contribution in [0.1, 0.15) is 39.5 Å². The Morgan fingerprint density at radius 3 is 2.44 bits per heavy atom. The number of nitrogens with one attached hydrogen (secondary N) is 1. The molecule has 3 fully saturated rings. The third-order valence-electron chi connectivity index (χ3n) is 6.14. The largest absolute Gasteiger partial charge is 0.468 e. The van der Waals surface area contributed by atoms with Crippen molar-refractivity contribution < 1.29 is 9.53 Å². The molecule has 2 atom stereocenters. The number of rotatable bonds is 1. The molecule has 0 radical (unpaired) electrons. The minimum atomic E-state index is -0.0888. The fourth-order valence-electron chi connectivity index (χ4n) is 4.83. The van der Waals surface area contributed by atoms with Crippen molar-refractivity contribution >= 4 is 5.97 Å². The van der Waals surface area contributed by atoms with Crippen LogP contribution < -0.4 is 5.32 Å². The van der Waals surface area contributed by atoms with Gasteiger partial charge in [-0.3, -0.25) is 4.79 Å². The lowest BCUT2D eigenvalue weighted by Crippen LogP contribution is -2.31. The second-order valence-corrected chi connectivity index (χ2v) is 6.30. The lowest BCUT2D eigenvalue weighted by atomic mass is 9.73. The normalized spacial score (nSPS) is 42.1. The van der Waals surface area contributed by atoms with Gasteiger partial charge >= 0.3 is 5.97 Å². The zero-order chi connectivity index (χ0) is 11.6. The van der Waals surface area contributed by atoms with Crippen molar-refractivity contribution in [2.24, 2.45) is 16.2 Å². The average molecular weight is 223 g/mol. The first-order chi connectivity index (χ1) is 7.51. The molecule has 0 bridgehead atoms. The van der Waals surface area contributed by atoms with Crippen LogP contribution in [0.25, 0.3) is 0 Å². The van der Waals surface area contributed by atoms with Gasteiger partial charge in [-0.25, -0.2) is 0 Å². The van der Waals surface area contributed by atoms with Crippen LogP contribution in [-0.4, -0.2) is 25.7 Å². The molecule has 1 aliphatic heterocycles. The van der Waals surface area contributed by atoms with Crippen molar-refractivity contribution in [3.8, 4) is 0 Å². The molecule has 3 aliphatic rings. The first-order valence-electron chi connectivity index (χ1n) is 6.32. The average Bonchev–Trinajstić information content (AvgIpc) is 2.50. The summed E-state index contributed by atoms with van der Waals surface area (Å²) >= 11 is 0. The van der Waals surface area contributed by atoms with Crippen LogP contribution in [0.3, 0.4) is 0 Å². The first kappa shape index (κ1) is 10.6. The van der Waals surface area contributed by atoms with Crippen molar-refractivity contribution in [1.82, 2.24) is 5.32 Å². The highest BCUT2D eigenvalue weighted by molar-refractivity contribution is 5.76. The van der Waals surface area contributed by atoms with E-state index in [0.717, 1.165) is 13.0 Å². The predicted octanol–water partition coefficient (Wildman–Crippen LogP) is 1.72. The molecule has 16 heavy (non-hydrogen) atoms. The molecule has 1 N–H and O–H groups in total. The highest BCUT2D eigenvalue weighted by Crippen LogP contribution is 2.87. The quantitative estimate of drug-likeness (QED) is 0.688. The maximum atomic E-state index is 11.6. The van der Waals surface area contributed by atoms with Gasteiger partial charge < -0.3 is 10.1 Å². The topological polar surface area (TPSA) is 38.3 Å². The van der Waals surface area contributed by atoms with Crippen LogP contribution >= 0.6 is 0 Å². The second kappa shape index (κ2) is 2.81. The van der Waals surface area contributed by atoms with Gasteiger partial charge in [-0.1, -0.05) is 20.3 Å². The Morgan fingerprint density at radius 2 is 2.00 bits per heavy atom. The van der Waals surface area contributed by atoms with E-state index in [0.29, 0.717) is 16.2 Å².